The number of rotatable bonds is 11. The molecule has 26 heavy (non-hydrogen) atoms. The molecular weight excluding hydrogens is 410 g/mol. The lowest BCUT2D eigenvalue weighted by atomic mass is 10.0. The first-order valence-corrected chi connectivity index (χ1v) is 9.12. The molecule has 0 amide bonds. The van der Waals surface area contributed by atoms with E-state index in [2.05, 4.69) is 0 Å². The normalized spacial score (nSPS) is 16.0. The Labute approximate surface area is 144 Å². The fraction of sp³-hybridized carbons (Fsp3) is 1.00. The molecule has 0 rings (SSSR count). The second kappa shape index (κ2) is 8.60. The fourth-order valence-corrected chi connectivity index (χ4v) is 4.39. The number of halogens is 10. The summed E-state index contributed by atoms with van der Waals surface area (Å²) < 4.78 is 144. The van der Waals surface area contributed by atoms with E-state index in [1.165, 1.54) is 20.8 Å². The monoisotopic (exact) mass is 428 g/mol. The molecule has 0 bridgehead atoms. The van der Waals surface area contributed by atoms with E-state index >= 15 is 0 Å². The number of hydrogen-bond donors (Lipinski definition) is 0. The summed E-state index contributed by atoms with van der Waals surface area (Å²) in [6.07, 6.45) is -9.68. The zero-order valence-electron chi connectivity index (χ0n) is 13.9. The first-order chi connectivity index (χ1) is 11.6. The molecular formula is C12H18F10O3Si. The molecule has 0 aromatic rings. The van der Waals surface area contributed by atoms with Gasteiger partial charge in [0.25, 0.3) is 0 Å². The van der Waals surface area contributed by atoms with Crippen molar-refractivity contribution in [1.29, 1.82) is 0 Å². The standard InChI is InChI=1S/C12H18F10O3Si/c1-4-23-26(24-5-2,25-6-3)8(13)7-9(14,15)10(16,17)11(18,19)12(20,21)22/h8H,4-7H2,1-3H3. The minimum atomic E-state index is -7.09. The molecule has 0 saturated heterocycles. The van der Waals surface area contributed by atoms with Crippen LogP contribution in [0.3, 0.4) is 0 Å². The lowest BCUT2D eigenvalue weighted by Crippen LogP contribution is -2.63. The van der Waals surface area contributed by atoms with E-state index < -0.39 is 45.0 Å². The third kappa shape index (κ3) is 4.81. The van der Waals surface area contributed by atoms with Gasteiger partial charge in [-0.05, 0) is 20.8 Å². The Morgan fingerprint density at radius 2 is 1.04 bits per heavy atom. The van der Waals surface area contributed by atoms with Crippen molar-refractivity contribution in [1.82, 2.24) is 0 Å². The predicted octanol–water partition coefficient (Wildman–Crippen LogP) is 4.77. The molecule has 0 aromatic carbocycles. The zero-order valence-corrected chi connectivity index (χ0v) is 14.9. The van der Waals surface area contributed by atoms with Gasteiger partial charge in [0.1, 0.15) is 0 Å². The lowest BCUT2D eigenvalue weighted by molar-refractivity contribution is -0.397. The zero-order chi connectivity index (χ0) is 21.0. The SMILES string of the molecule is CCO[Si](OCC)(OCC)C(F)CC(F)(F)C(F)(F)C(F)(F)C(F)(F)F. The summed E-state index contributed by atoms with van der Waals surface area (Å²) >= 11 is 0. The first-order valence-electron chi connectivity index (χ1n) is 7.32. The molecule has 0 radical (unpaired) electrons. The quantitative estimate of drug-likeness (QED) is 0.351. The highest BCUT2D eigenvalue weighted by Crippen LogP contribution is 2.54. The summed E-state index contributed by atoms with van der Waals surface area (Å²) in [5, 5.41) is 0. The van der Waals surface area contributed by atoms with Crippen LogP contribution in [-0.4, -0.2) is 58.4 Å². The largest absolute Gasteiger partial charge is 0.537 e. The van der Waals surface area contributed by atoms with Crippen molar-refractivity contribution in [3.8, 4) is 0 Å². The van der Waals surface area contributed by atoms with Crippen LogP contribution in [0.2, 0.25) is 0 Å². The molecule has 0 N–H and O–H groups in total. The van der Waals surface area contributed by atoms with E-state index in [0.717, 1.165) is 0 Å². The Hall–Kier alpha value is -0.603. The minimum Gasteiger partial charge on any atom is -0.372 e. The van der Waals surface area contributed by atoms with E-state index in [1.807, 2.05) is 0 Å². The lowest BCUT2D eigenvalue weighted by Gasteiger charge is -2.36. The second-order valence-corrected chi connectivity index (χ2v) is 7.62. The van der Waals surface area contributed by atoms with Crippen LogP contribution in [0.5, 0.6) is 0 Å². The summed E-state index contributed by atoms with van der Waals surface area (Å²) in [5.74, 6) is -23.2. The van der Waals surface area contributed by atoms with Crippen LogP contribution in [0.15, 0.2) is 0 Å². The molecule has 0 saturated carbocycles. The Kier molecular flexibility index (Phi) is 8.40. The third-order valence-electron chi connectivity index (χ3n) is 3.07. The molecule has 14 heteroatoms. The van der Waals surface area contributed by atoms with E-state index in [0.29, 0.717) is 0 Å². The average Bonchev–Trinajstić information content (AvgIpc) is 2.45. The molecule has 158 valence electrons. The fourth-order valence-electron chi connectivity index (χ4n) is 1.89. The topological polar surface area (TPSA) is 27.7 Å². The van der Waals surface area contributed by atoms with Gasteiger partial charge in [-0.2, -0.15) is 39.5 Å². The molecule has 0 aromatic heterocycles. The van der Waals surface area contributed by atoms with E-state index in [9.17, 15) is 43.9 Å². The van der Waals surface area contributed by atoms with Gasteiger partial charge in [0.2, 0.25) is 0 Å². The van der Waals surface area contributed by atoms with E-state index in [-0.39, 0.29) is 19.8 Å². The molecule has 1 atom stereocenters. The Bertz CT molecular complexity index is 426. The smallest absolute Gasteiger partial charge is 0.372 e. The highest BCUT2D eigenvalue weighted by atomic mass is 28.4. The summed E-state index contributed by atoms with van der Waals surface area (Å²) in [7, 11) is -4.70. The predicted molar refractivity (Wildman–Crippen MR) is 71.0 cm³/mol. The van der Waals surface area contributed by atoms with Crippen molar-refractivity contribution in [3.63, 3.8) is 0 Å². The summed E-state index contributed by atoms with van der Waals surface area (Å²) in [4.78, 5) is 0. The molecule has 1 unspecified atom stereocenters. The Morgan fingerprint density at radius 1 is 0.692 bits per heavy atom. The molecule has 0 aliphatic carbocycles. The highest BCUT2D eigenvalue weighted by molar-refractivity contribution is 6.62. The van der Waals surface area contributed by atoms with Crippen LogP contribution in [0, 0.1) is 0 Å². The maximum absolute atomic E-state index is 14.3. The van der Waals surface area contributed by atoms with Gasteiger partial charge in [0, 0.05) is 19.8 Å². The number of hydrogen-bond acceptors (Lipinski definition) is 3. The van der Waals surface area contributed by atoms with Crippen molar-refractivity contribution >= 4 is 8.80 Å². The maximum Gasteiger partial charge on any atom is 0.537 e. The van der Waals surface area contributed by atoms with Gasteiger partial charge in [-0.25, -0.2) is 4.39 Å². The Balaban J connectivity index is 5.80. The minimum absolute atomic E-state index is 0.368. The van der Waals surface area contributed by atoms with Gasteiger partial charge in [-0.1, -0.05) is 0 Å². The summed E-state index contributed by atoms with van der Waals surface area (Å²) in [5.41, 5.74) is 0. The van der Waals surface area contributed by atoms with Crippen LogP contribution in [-0.2, 0) is 13.3 Å². The second-order valence-electron chi connectivity index (χ2n) is 4.93. The highest BCUT2D eigenvalue weighted by Gasteiger charge is 2.82. The molecule has 3 nitrogen and oxygen atoms in total. The molecule has 0 heterocycles. The van der Waals surface area contributed by atoms with Crippen LogP contribution in [0.4, 0.5) is 43.9 Å². The Morgan fingerprint density at radius 3 is 1.31 bits per heavy atom. The van der Waals surface area contributed by atoms with E-state index in [1.54, 1.807) is 0 Å². The molecule has 0 spiro atoms. The third-order valence-corrected chi connectivity index (χ3v) is 6.11. The van der Waals surface area contributed by atoms with Crippen molar-refractivity contribution in [2.75, 3.05) is 19.8 Å². The summed E-state index contributed by atoms with van der Waals surface area (Å²) in [6, 6.07) is 0. The van der Waals surface area contributed by atoms with Crippen molar-refractivity contribution in [2.45, 2.75) is 56.9 Å². The van der Waals surface area contributed by atoms with Gasteiger partial charge in [0.15, 0.2) is 5.79 Å². The summed E-state index contributed by atoms with van der Waals surface area (Å²) in [6.45, 7) is 2.68. The average molecular weight is 428 g/mol. The molecule has 0 aliphatic rings. The first kappa shape index (κ1) is 25.4. The van der Waals surface area contributed by atoms with Crippen molar-refractivity contribution in [2.24, 2.45) is 0 Å². The van der Waals surface area contributed by atoms with Gasteiger partial charge < -0.3 is 13.3 Å². The van der Waals surface area contributed by atoms with Crippen molar-refractivity contribution in [3.05, 3.63) is 0 Å². The maximum atomic E-state index is 14.3. The molecule has 0 aliphatic heterocycles. The molecule has 0 fully saturated rings. The number of alkyl halides is 10. The van der Waals surface area contributed by atoms with Crippen molar-refractivity contribution < 1.29 is 57.2 Å². The van der Waals surface area contributed by atoms with Gasteiger partial charge in [-0.15, -0.1) is 0 Å². The van der Waals surface area contributed by atoms with Crippen LogP contribution >= 0.6 is 0 Å². The van der Waals surface area contributed by atoms with Gasteiger partial charge >= 0.3 is 32.7 Å². The van der Waals surface area contributed by atoms with E-state index in [4.69, 9.17) is 13.3 Å². The van der Waals surface area contributed by atoms with Gasteiger partial charge in [-0.3, -0.25) is 0 Å². The van der Waals surface area contributed by atoms with Crippen LogP contribution in [0.25, 0.3) is 0 Å². The van der Waals surface area contributed by atoms with Crippen LogP contribution < -0.4 is 0 Å². The van der Waals surface area contributed by atoms with Crippen LogP contribution in [0.1, 0.15) is 27.2 Å². The van der Waals surface area contributed by atoms with Gasteiger partial charge in [0.05, 0.1) is 6.42 Å².